The van der Waals surface area contributed by atoms with Crippen LogP contribution in [0.3, 0.4) is 0 Å². The van der Waals surface area contributed by atoms with Crippen molar-refractivity contribution in [2.24, 2.45) is 16.7 Å². The van der Waals surface area contributed by atoms with E-state index < -0.39 is 113 Å². The molecule has 2 bridgehead atoms. The van der Waals surface area contributed by atoms with Crippen molar-refractivity contribution >= 4 is 24.0 Å². The molecule has 2 aromatic rings. The van der Waals surface area contributed by atoms with Crippen molar-refractivity contribution in [1.29, 1.82) is 0 Å². The number of fused-ring (bicyclic) bond motifs is 8. The lowest BCUT2D eigenvalue weighted by molar-refractivity contribution is -0.362. The smallest absolute Gasteiger partial charge is 0.408 e. The van der Waals surface area contributed by atoms with Crippen LogP contribution in [0.1, 0.15) is 116 Å². The number of ether oxygens (including phenoxy) is 7. The Kier molecular flexibility index (Phi) is 14.1. The van der Waals surface area contributed by atoms with Crippen molar-refractivity contribution in [3.05, 3.63) is 82.9 Å². The van der Waals surface area contributed by atoms with Gasteiger partial charge < -0.3 is 58.7 Å². The number of aliphatic hydroxyl groups excluding tert-OH is 2. The number of nitrogens with one attached hydrogen (secondary N) is 1. The summed E-state index contributed by atoms with van der Waals surface area (Å²) in [5, 5.41) is 41.5. The minimum absolute atomic E-state index is 0.0405. The van der Waals surface area contributed by atoms with Crippen LogP contribution in [-0.4, -0.2) is 160 Å². The molecule has 2 saturated carbocycles. The Bertz CT molecular complexity index is 2340. The predicted octanol–water partition coefficient (Wildman–Crippen LogP) is 5.00. The fourth-order valence-electron chi connectivity index (χ4n) is 13.3. The monoisotopic (exact) mass is 988 g/mol. The van der Waals surface area contributed by atoms with Crippen LogP contribution in [0.15, 0.2) is 71.8 Å². The average Bonchev–Trinajstić information content (AvgIpc) is 4.10. The third kappa shape index (κ3) is 9.32. The summed E-state index contributed by atoms with van der Waals surface area (Å²) < 4.78 is 45.6. The summed E-state index contributed by atoms with van der Waals surface area (Å²) in [6.07, 6.45) is -6.57. The molecule has 2 unspecified atom stereocenters. The van der Waals surface area contributed by atoms with Crippen molar-refractivity contribution in [3.8, 4) is 0 Å². The van der Waals surface area contributed by atoms with Crippen molar-refractivity contribution < 1.29 is 67.7 Å². The van der Waals surface area contributed by atoms with E-state index in [1.165, 1.54) is 19.8 Å². The lowest BCUT2D eigenvalue weighted by Gasteiger charge is -2.68. The van der Waals surface area contributed by atoms with Crippen LogP contribution in [0.5, 0.6) is 0 Å². The molecule has 0 aromatic heterocycles. The Balaban J connectivity index is 1.17. The van der Waals surface area contributed by atoms with Crippen molar-refractivity contribution in [2.45, 2.75) is 172 Å². The zero-order valence-corrected chi connectivity index (χ0v) is 42.3. The highest BCUT2D eigenvalue weighted by Crippen LogP contribution is 2.67. The number of carbonyl (C=O) groups is 4. The molecule has 17 nitrogen and oxygen atoms in total. The molecule has 6 fully saturated rings. The van der Waals surface area contributed by atoms with Gasteiger partial charge in [-0.1, -0.05) is 69.3 Å². The molecule has 17 heteroatoms. The van der Waals surface area contributed by atoms with Crippen LogP contribution >= 0.6 is 0 Å². The molecule has 9 rings (SSSR count). The molecular formula is C54H73N3O14. The highest BCUT2D eigenvalue weighted by Gasteiger charge is 2.79. The second-order valence-corrected chi connectivity index (χ2v) is 22.7. The molecule has 4 aliphatic heterocycles. The predicted molar refractivity (Wildman–Crippen MR) is 256 cm³/mol. The first-order valence-corrected chi connectivity index (χ1v) is 25.5. The standard InChI is InChI=1S/C54H73N3O14/c1-31-36(66-48(62)42(60)41(33-18-11-9-12-19-33)55-49(63)71-50(3,4)5)27-54(64)46(69-47(61)34-20-13-10-14-21-34)44-52(8,37(59)26-38-53(44,30-65-38)70-32(2)58)45-43(40(31)51(54,6)7)67-39(68-45)29-57-25-17-22-35(57)28-56-23-15-16-24-56/h9-14,18-21,35-39,41-46,59-60,64H,15-17,22-30H2,1-8H3,(H,55,63)/t35-,36-,37-,38?,39?,41-,42+,43+,44-,45+,46-,52+,53-,54+/m0/s1. The number of benzene rings is 2. The van der Waals surface area contributed by atoms with Gasteiger partial charge in [-0.25, -0.2) is 14.4 Å². The number of amides is 1. The zero-order valence-electron chi connectivity index (χ0n) is 42.3. The molecule has 7 aliphatic rings. The molecule has 71 heavy (non-hydrogen) atoms. The first kappa shape index (κ1) is 51.4. The third-order valence-corrected chi connectivity index (χ3v) is 16.9. The lowest BCUT2D eigenvalue weighted by atomic mass is 9.44. The minimum atomic E-state index is -2.19. The summed E-state index contributed by atoms with van der Waals surface area (Å²) >= 11 is 0. The van der Waals surface area contributed by atoms with Gasteiger partial charge in [0.25, 0.3) is 0 Å². The number of alkyl carbamates (subject to hydrolysis) is 1. The third-order valence-electron chi connectivity index (χ3n) is 16.9. The molecule has 14 atom stereocenters. The topological polar surface area (TPSA) is 212 Å². The fourth-order valence-corrected chi connectivity index (χ4v) is 13.3. The van der Waals surface area contributed by atoms with Crippen LogP contribution in [0, 0.1) is 16.7 Å². The molecule has 4 heterocycles. The van der Waals surface area contributed by atoms with Crippen molar-refractivity contribution in [1.82, 2.24) is 15.1 Å². The molecule has 3 aliphatic carbocycles. The fraction of sp³-hybridized carbons (Fsp3) is 0.667. The Labute approximate surface area is 416 Å². The van der Waals surface area contributed by atoms with E-state index in [0.717, 1.165) is 39.0 Å². The van der Waals surface area contributed by atoms with Gasteiger partial charge in [-0.3, -0.25) is 9.69 Å². The van der Waals surface area contributed by atoms with E-state index in [0.29, 0.717) is 23.3 Å². The molecule has 1 amide bonds. The first-order chi connectivity index (χ1) is 33.6. The molecule has 2 aromatic carbocycles. The molecule has 4 N–H and O–H groups in total. The van der Waals surface area contributed by atoms with E-state index in [1.54, 1.807) is 88.4 Å². The van der Waals surface area contributed by atoms with E-state index in [9.17, 15) is 34.5 Å². The maximum Gasteiger partial charge on any atom is 0.408 e. The number of hydrogen-bond donors (Lipinski definition) is 4. The van der Waals surface area contributed by atoms with Gasteiger partial charge in [0.1, 0.15) is 35.6 Å². The highest BCUT2D eigenvalue weighted by molar-refractivity contribution is 5.89. The van der Waals surface area contributed by atoms with Gasteiger partial charge in [0.2, 0.25) is 0 Å². The van der Waals surface area contributed by atoms with Gasteiger partial charge in [0.05, 0.1) is 36.3 Å². The van der Waals surface area contributed by atoms with Crippen LogP contribution in [-0.2, 0) is 42.7 Å². The van der Waals surface area contributed by atoms with Gasteiger partial charge in [-0.2, -0.15) is 0 Å². The normalized spacial score (nSPS) is 36.4. The Morgan fingerprint density at radius 3 is 2.23 bits per heavy atom. The minimum Gasteiger partial charge on any atom is -0.456 e. The Morgan fingerprint density at radius 1 is 0.915 bits per heavy atom. The highest BCUT2D eigenvalue weighted by atomic mass is 16.7. The summed E-state index contributed by atoms with van der Waals surface area (Å²) in [7, 11) is 0. The van der Waals surface area contributed by atoms with E-state index in [1.807, 2.05) is 20.8 Å². The van der Waals surface area contributed by atoms with Gasteiger partial charge in [0.15, 0.2) is 18.0 Å². The van der Waals surface area contributed by atoms with Crippen LogP contribution in [0.4, 0.5) is 4.79 Å². The molecular weight excluding hydrogens is 915 g/mol. The number of aliphatic hydroxyl groups is 3. The molecule has 4 saturated heterocycles. The Hall–Kier alpha value is -4.46. The van der Waals surface area contributed by atoms with Crippen LogP contribution < -0.4 is 5.32 Å². The Morgan fingerprint density at radius 2 is 1.59 bits per heavy atom. The summed E-state index contributed by atoms with van der Waals surface area (Å²) in [5.74, 6) is -3.74. The van der Waals surface area contributed by atoms with Gasteiger partial charge >= 0.3 is 24.0 Å². The number of esters is 3. The van der Waals surface area contributed by atoms with E-state index in [-0.39, 0.29) is 31.1 Å². The van der Waals surface area contributed by atoms with Gasteiger partial charge in [0, 0.05) is 49.7 Å². The number of carbonyl (C=O) groups excluding carboxylic acids is 4. The van der Waals surface area contributed by atoms with Gasteiger partial charge in [-0.05, 0) is 102 Å². The second kappa shape index (κ2) is 19.4. The SMILES string of the molecule is CC(=O)O[C@@]12COC1C[C@H](O)[C@@]1(C)[C@@H]3OC(CN4CCC[C@H]4CN4CCCC4)O[C@@H]3C3=C(C)[C@@H](OC(=O)[C@H](O)[C@@H](NC(=O)OC(C)(C)C)c4ccccc4)C[C@@](O)([C@@H](OC(=O)c4ccccc4)[C@@H]12)C3(C)C. The van der Waals surface area contributed by atoms with Crippen LogP contribution in [0.2, 0.25) is 0 Å². The maximum atomic E-state index is 14.7. The zero-order chi connectivity index (χ0) is 50.8. The molecule has 388 valence electrons. The lowest BCUT2D eigenvalue weighted by Crippen LogP contribution is -2.82. The number of likely N-dealkylation sites (tertiary alicyclic amines) is 2. The van der Waals surface area contributed by atoms with Gasteiger partial charge in [-0.15, -0.1) is 0 Å². The van der Waals surface area contributed by atoms with E-state index >= 15 is 0 Å². The summed E-state index contributed by atoms with van der Waals surface area (Å²) in [6, 6.07) is 15.7. The number of hydrogen-bond acceptors (Lipinski definition) is 16. The summed E-state index contributed by atoms with van der Waals surface area (Å²) in [4.78, 5) is 60.8. The van der Waals surface area contributed by atoms with E-state index in [2.05, 4.69) is 15.1 Å². The summed E-state index contributed by atoms with van der Waals surface area (Å²) in [6.45, 7) is 17.8. The number of nitrogens with zero attached hydrogens (tertiary/aromatic N) is 2. The maximum absolute atomic E-state index is 14.7. The second-order valence-electron chi connectivity index (χ2n) is 22.7. The quantitative estimate of drug-likeness (QED) is 0.125. The first-order valence-electron chi connectivity index (χ1n) is 25.5. The molecule has 0 spiro atoms. The number of rotatable bonds is 12. The van der Waals surface area contributed by atoms with Crippen LogP contribution in [0.25, 0.3) is 0 Å². The van der Waals surface area contributed by atoms with Crippen molar-refractivity contribution in [2.75, 3.05) is 39.3 Å². The van der Waals surface area contributed by atoms with E-state index in [4.69, 9.17) is 33.2 Å². The average molecular weight is 988 g/mol. The van der Waals surface area contributed by atoms with Crippen molar-refractivity contribution in [3.63, 3.8) is 0 Å². The summed E-state index contributed by atoms with van der Waals surface area (Å²) in [5.41, 5.74) is -5.86. The molecule has 0 radical (unpaired) electrons. The largest absolute Gasteiger partial charge is 0.456 e.